The number of carbonyl (C=O) groups is 1. The van der Waals surface area contributed by atoms with E-state index in [-0.39, 0.29) is 18.4 Å². The third kappa shape index (κ3) is 2.55. The molecule has 1 N–H and O–H groups in total. The summed E-state index contributed by atoms with van der Waals surface area (Å²) in [6.07, 6.45) is 5.36. The Hall–Kier alpha value is -1.03. The Morgan fingerprint density at radius 2 is 2.44 bits per heavy atom. The number of amides is 1. The summed E-state index contributed by atoms with van der Waals surface area (Å²) in [4.78, 5) is 14.0. The zero-order valence-electron chi connectivity index (χ0n) is 9.52. The first-order valence-electron chi connectivity index (χ1n) is 6.02. The molecule has 4 nitrogen and oxygen atoms in total. The van der Waals surface area contributed by atoms with Gasteiger partial charge >= 0.3 is 0 Å². The number of rotatable bonds is 2. The zero-order chi connectivity index (χ0) is 11.4. The summed E-state index contributed by atoms with van der Waals surface area (Å²) in [7, 11) is 0. The number of ether oxygens (including phenoxy) is 1. The van der Waals surface area contributed by atoms with Crippen LogP contribution in [0.2, 0.25) is 0 Å². The van der Waals surface area contributed by atoms with Crippen LogP contribution < -0.4 is 0 Å². The molecule has 2 heterocycles. The van der Waals surface area contributed by atoms with Crippen LogP contribution in [-0.4, -0.2) is 42.2 Å². The molecule has 2 rings (SSSR count). The van der Waals surface area contributed by atoms with Crippen molar-refractivity contribution >= 4 is 5.91 Å². The van der Waals surface area contributed by atoms with E-state index in [9.17, 15) is 4.79 Å². The molecule has 2 aliphatic rings. The van der Waals surface area contributed by atoms with E-state index in [1.165, 1.54) is 0 Å². The normalized spacial score (nSPS) is 25.9. The number of hydrogen-bond acceptors (Lipinski definition) is 3. The van der Waals surface area contributed by atoms with Crippen LogP contribution in [0.15, 0.2) is 11.8 Å². The van der Waals surface area contributed by atoms with Crippen molar-refractivity contribution in [1.29, 1.82) is 0 Å². The quantitative estimate of drug-likeness (QED) is 0.760. The molecule has 1 unspecified atom stereocenters. The van der Waals surface area contributed by atoms with Crippen molar-refractivity contribution in [3.8, 4) is 0 Å². The Balaban J connectivity index is 1.95. The van der Waals surface area contributed by atoms with Gasteiger partial charge in [0.05, 0.1) is 18.4 Å². The van der Waals surface area contributed by atoms with Crippen LogP contribution in [0.1, 0.15) is 25.7 Å². The summed E-state index contributed by atoms with van der Waals surface area (Å²) in [6, 6.07) is 0. The molecule has 4 heteroatoms. The monoisotopic (exact) mass is 225 g/mol. The van der Waals surface area contributed by atoms with E-state index in [4.69, 9.17) is 9.84 Å². The maximum absolute atomic E-state index is 12.1. The van der Waals surface area contributed by atoms with Crippen molar-refractivity contribution in [1.82, 2.24) is 4.90 Å². The SMILES string of the molecule is O=C(C1=COCCC1)N1CCCC(CO)C1. The third-order valence-electron chi connectivity index (χ3n) is 3.27. The van der Waals surface area contributed by atoms with Crippen molar-refractivity contribution in [2.45, 2.75) is 25.7 Å². The Labute approximate surface area is 95.9 Å². The third-order valence-corrected chi connectivity index (χ3v) is 3.27. The average molecular weight is 225 g/mol. The number of likely N-dealkylation sites (tertiary alicyclic amines) is 1. The van der Waals surface area contributed by atoms with Gasteiger partial charge in [0, 0.05) is 19.7 Å². The van der Waals surface area contributed by atoms with Gasteiger partial charge in [0.15, 0.2) is 0 Å². The van der Waals surface area contributed by atoms with Crippen LogP contribution in [-0.2, 0) is 9.53 Å². The van der Waals surface area contributed by atoms with Crippen molar-refractivity contribution < 1.29 is 14.6 Å². The van der Waals surface area contributed by atoms with E-state index in [1.54, 1.807) is 6.26 Å². The lowest BCUT2D eigenvalue weighted by Crippen LogP contribution is -2.41. The molecule has 1 saturated heterocycles. The minimum absolute atomic E-state index is 0.0952. The fourth-order valence-corrected chi connectivity index (χ4v) is 2.32. The largest absolute Gasteiger partial charge is 0.501 e. The Morgan fingerprint density at radius 1 is 1.56 bits per heavy atom. The van der Waals surface area contributed by atoms with Gasteiger partial charge in [0.2, 0.25) is 0 Å². The van der Waals surface area contributed by atoms with Gasteiger partial charge in [-0.2, -0.15) is 0 Å². The van der Waals surface area contributed by atoms with Gasteiger partial charge in [-0.3, -0.25) is 4.79 Å². The molecule has 0 spiro atoms. The predicted molar refractivity (Wildman–Crippen MR) is 59.7 cm³/mol. The molecule has 1 amide bonds. The summed E-state index contributed by atoms with van der Waals surface area (Å²) in [5.74, 6) is 0.348. The molecule has 0 aliphatic carbocycles. The van der Waals surface area contributed by atoms with Crippen LogP contribution >= 0.6 is 0 Å². The summed E-state index contributed by atoms with van der Waals surface area (Å²) >= 11 is 0. The van der Waals surface area contributed by atoms with E-state index in [1.807, 2.05) is 4.90 Å². The van der Waals surface area contributed by atoms with Gasteiger partial charge in [0.1, 0.15) is 0 Å². The van der Waals surface area contributed by atoms with E-state index in [0.29, 0.717) is 6.54 Å². The van der Waals surface area contributed by atoms with Crippen LogP contribution in [0.5, 0.6) is 0 Å². The van der Waals surface area contributed by atoms with Crippen molar-refractivity contribution in [2.24, 2.45) is 5.92 Å². The van der Waals surface area contributed by atoms with Gasteiger partial charge in [-0.1, -0.05) is 0 Å². The summed E-state index contributed by atoms with van der Waals surface area (Å²) in [6.45, 7) is 2.40. The molecular weight excluding hydrogens is 206 g/mol. The minimum Gasteiger partial charge on any atom is -0.501 e. The second kappa shape index (κ2) is 5.34. The Kier molecular flexibility index (Phi) is 3.83. The highest BCUT2D eigenvalue weighted by atomic mass is 16.5. The molecule has 2 aliphatic heterocycles. The number of carbonyl (C=O) groups excluding carboxylic acids is 1. The maximum Gasteiger partial charge on any atom is 0.252 e. The first-order chi connectivity index (χ1) is 7.81. The minimum atomic E-state index is 0.0952. The van der Waals surface area contributed by atoms with E-state index in [0.717, 1.165) is 44.4 Å². The molecule has 0 aromatic rings. The summed E-state index contributed by atoms with van der Waals surface area (Å²) in [5.41, 5.74) is 0.782. The second-order valence-electron chi connectivity index (χ2n) is 4.56. The lowest BCUT2D eigenvalue weighted by molar-refractivity contribution is -0.129. The molecule has 1 fully saturated rings. The molecule has 90 valence electrons. The molecule has 0 saturated carbocycles. The smallest absolute Gasteiger partial charge is 0.252 e. The van der Waals surface area contributed by atoms with Gasteiger partial charge in [-0.15, -0.1) is 0 Å². The van der Waals surface area contributed by atoms with Crippen molar-refractivity contribution in [3.63, 3.8) is 0 Å². The number of piperidine rings is 1. The molecule has 16 heavy (non-hydrogen) atoms. The second-order valence-corrected chi connectivity index (χ2v) is 4.56. The highest BCUT2D eigenvalue weighted by Crippen LogP contribution is 2.20. The van der Waals surface area contributed by atoms with Gasteiger partial charge in [-0.25, -0.2) is 0 Å². The van der Waals surface area contributed by atoms with Crippen LogP contribution in [0.4, 0.5) is 0 Å². The fourth-order valence-electron chi connectivity index (χ4n) is 2.32. The molecule has 1 atom stereocenters. The first kappa shape index (κ1) is 11.5. The highest BCUT2D eigenvalue weighted by Gasteiger charge is 2.25. The van der Waals surface area contributed by atoms with Crippen molar-refractivity contribution in [3.05, 3.63) is 11.8 Å². The standard InChI is InChI=1S/C12H19NO3/c14-8-10-3-1-5-13(7-10)12(15)11-4-2-6-16-9-11/h9-10,14H,1-8H2. The predicted octanol–water partition coefficient (Wildman–Crippen LogP) is 0.912. The molecule has 0 aromatic heterocycles. The number of nitrogens with zero attached hydrogens (tertiary/aromatic N) is 1. The molecule has 0 bridgehead atoms. The van der Waals surface area contributed by atoms with Gasteiger partial charge in [0.25, 0.3) is 5.91 Å². The number of hydrogen-bond donors (Lipinski definition) is 1. The zero-order valence-corrected chi connectivity index (χ0v) is 9.52. The van der Waals surface area contributed by atoms with Gasteiger partial charge in [-0.05, 0) is 31.6 Å². The molecule has 0 radical (unpaired) electrons. The average Bonchev–Trinajstić information content (AvgIpc) is 2.39. The Morgan fingerprint density at radius 3 is 3.12 bits per heavy atom. The topological polar surface area (TPSA) is 49.8 Å². The number of aliphatic hydroxyl groups excluding tert-OH is 1. The van der Waals surface area contributed by atoms with E-state index >= 15 is 0 Å². The fraction of sp³-hybridized carbons (Fsp3) is 0.750. The maximum atomic E-state index is 12.1. The summed E-state index contributed by atoms with van der Waals surface area (Å²) < 4.78 is 5.19. The lowest BCUT2D eigenvalue weighted by Gasteiger charge is -2.32. The number of aliphatic hydroxyl groups is 1. The molecule has 0 aromatic carbocycles. The van der Waals surface area contributed by atoms with Gasteiger partial charge < -0.3 is 14.7 Å². The van der Waals surface area contributed by atoms with Crippen LogP contribution in [0, 0.1) is 5.92 Å². The molecular formula is C12H19NO3. The van der Waals surface area contributed by atoms with Crippen LogP contribution in [0.25, 0.3) is 0 Å². The van der Waals surface area contributed by atoms with E-state index < -0.39 is 0 Å². The highest BCUT2D eigenvalue weighted by molar-refractivity contribution is 5.93. The summed E-state index contributed by atoms with van der Waals surface area (Å²) in [5, 5.41) is 9.12. The first-order valence-corrected chi connectivity index (χ1v) is 6.02. The van der Waals surface area contributed by atoms with Crippen molar-refractivity contribution in [2.75, 3.05) is 26.3 Å². The van der Waals surface area contributed by atoms with Crippen LogP contribution in [0.3, 0.4) is 0 Å². The van der Waals surface area contributed by atoms with E-state index in [2.05, 4.69) is 0 Å². The lowest BCUT2D eigenvalue weighted by atomic mass is 9.98. The Bertz CT molecular complexity index is 288.